The molecule has 0 aromatic heterocycles. The molecule has 0 unspecified atom stereocenters. The van der Waals surface area contributed by atoms with Crippen molar-refractivity contribution in [3.63, 3.8) is 0 Å². The van der Waals surface area contributed by atoms with Gasteiger partial charge in [-0.05, 0) is 55.0 Å². The molecule has 3 aromatic carbocycles. The van der Waals surface area contributed by atoms with Crippen LogP contribution in [0.3, 0.4) is 0 Å². The number of anilines is 1. The fourth-order valence-electron chi connectivity index (χ4n) is 7.99. The molecule has 0 bridgehead atoms. The van der Waals surface area contributed by atoms with Gasteiger partial charge in [-0.15, -0.1) is 0 Å². The van der Waals surface area contributed by atoms with Gasteiger partial charge in [0, 0.05) is 16.5 Å². The molecule has 2 saturated heterocycles. The molecular weight excluding hydrogens is 556 g/mol. The number of amides is 4. The van der Waals surface area contributed by atoms with E-state index in [1.807, 2.05) is 36.4 Å². The Morgan fingerprint density at radius 1 is 0.881 bits per heavy atom. The summed E-state index contributed by atoms with van der Waals surface area (Å²) in [6, 6.07) is 21.0. The van der Waals surface area contributed by atoms with Crippen LogP contribution < -0.4 is 4.90 Å². The Kier molecular flexibility index (Phi) is 5.94. The molecular formula is C33H27ClN2O6. The first kappa shape index (κ1) is 26.6. The van der Waals surface area contributed by atoms with Crippen LogP contribution in [0.4, 0.5) is 5.69 Å². The SMILES string of the molecule is Cc1cccc([C@H]2C3=CC[C@@H]4C(=O)N(O)C(=O)[C@@H]4[C@@H]3C[C@H]3C(=O)N(c4cccc(Cl)c4)C(=O)[C@@]23c2ccccc2)c1O. The van der Waals surface area contributed by atoms with Gasteiger partial charge in [0.1, 0.15) is 5.75 Å². The van der Waals surface area contributed by atoms with Gasteiger partial charge in [-0.25, -0.2) is 4.90 Å². The van der Waals surface area contributed by atoms with Gasteiger partial charge in [0.05, 0.1) is 28.9 Å². The Balaban J connectivity index is 1.54. The lowest BCUT2D eigenvalue weighted by Crippen LogP contribution is -2.53. The number of carbonyl (C=O) groups is 4. The molecule has 8 nitrogen and oxygen atoms in total. The second-order valence-corrected chi connectivity index (χ2v) is 12.0. The number of aromatic hydroxyl groups is 1. The number of hydrogen-bond acceptors (Lipinski definition) is 6. The summed E-state index contributed by atoms with van der Waals surface area (Å²) in [4.78, 5) is 56.8. The van der Waals surface area contributed by atoms with Crippen molar-refractivity contribution >= 4 is 40.9 Å². The van der Waals surface area contributed by atoms with Gasteiger partial charge in [0.2, 0.25) is 11.8 Å². The van der Waals surface area contributed by atoms with Crippen molar-refractivity contribution in [2.75, 3.05) is 4.90 Å². The number of carbonyl (C=O) groups excluding carboxylic acids is 4. The molecule has 3 aromatic rings. The summed E-state index contributed by atoms with van der Waals surface area (Å²) in [6.07, 6.45) is 2.18. The van der Waals surface area contributed by atoms with Gasteiger partial charge in [-0.1, -0.05) is 77.8 Å². The van der Waals surface area contributed by atoms with Crippen molar-refractivity contribution in [2.24, 2.45) is 23.7 Å². The third-order valence-electron chi connectivity index (χ3n) is 9.72. The smallest absolute Gasteiger partial charge is 0.257 e. The van der Waals surface area contributed by atoms with Gasteiger partial charge in [-0.2, -0.15) is 5.06 Å². The van der Waals surface area contributed by atoms with E-state index in [0.29, 0.717) is 33.0 Å². The maximum Gasteiger partial charge on any atom is 0.257 e. The third kappa shape index (κ3) is 3.39. The van der Waals surface area contributed by atoms with E-state index in [9.17, 15) is 24.7 Å². The van der Waals surface area contributed by atoms with Crippen LogP contribution in [0.25, 0.3) is 0 Å². The summed E-state index contributed by atoms with van der Waals surface area (Å²) in [6.45, 7) is 1.76. The van der Waals surface area contributed by atoms with Crippen molar-refractivity contribution in [2.45, 2.75) is 31.1 Å². The fraction of sp³-hybridized carbons (Fsp3) is 0.273. The summed E-state index contributed by atoms with van der Waals surface area (Å²) in [5, 5.41) is 22.4. The normalized spacial score (nSPS) is 30.3. The van der Waals surface area contributed by atoms with Gasteiger partial charge in [0.15, 0.2) is 0 Å². The lowest BCUT2D eigenvalue weighted by molar-refractivity contribution is -0.173. The highest BCUT2D eigenvalue weighted by molar-refractivity contribution is 6.32. The van der Waals surface area contributed by atoms with Crippen LogP contribution >= 0.6 is 11.6 Å². The summed E-state index contributed by atoms with van der Waals surface area (Å²) < 4.78 is 0. The van der Waals surface area contributed by atoms with Crippen molar-refractivity contribution in [3.8, 4) is 5.75 Å². The highest BCUT2D eigenvalue weighted by Gasteiger charge is 2.70. The summed E-state index contributed by atoms with van der Waals surface area (Å²) in [5.74, 6) is -6.28. The zero-order chi connectivity index (χ0) is 29.5. The minimum absolute atomic E-state index is 0.000654. The van der Waals surface area contributed by atoms with Crippen LogP contribution in [-0.2, 0) is 24.6 Å². The number of imide groups is 2. The Hall–Kier alpha value is -4.27. The molecule has 6 atom stereocenters. The summed E-state index contributed by atoms with van der Waals surface area (Å²) >= 11 is 6.30. The van der Waals surface area contributed by atoms with Crippen molar-refractivity contribution in [3.05, 3.63) is 106 Å². The zero-order valence-electron chi connectivity index (χ0n) is 22.6. The number of para-hydroxylation sites is 1. The Bertz CT molecular complexity index is 1720. The van der Waals surface area contributed by atoms with Crippen molar-refractivity contribution < 1.29 is 29.5 Å². The fourth-order valence-corrected chi connectivity index (χ4v) is 8.17. The van der Waals surface area contributed by atoms with E-state index in [1.165, 1.54) is 4.90 Å². The standard InChI is InChI=1S/C33H27ClN2O6/c1-17-7-5-12-23(28(17)37)27-21-13-14-22-26(31(40)36(42)29(22)38)24(21)16-25-30(39)35(20-11-6-10-19(34)15-20)32(41)33(25,27)18-8-3-2-4-9-18/h2-13,15,22,24-27,37,42H,14,16H2,1H3/t22-,24+,25-,26-,27+,33+/m0/s1. The first-order chi connectivity index (χ1) is 20.2. The number of fused-ring (bicyclic) bond motifs is 4. The Morgan fingerprint density at radius 2 is 1.62 bits per heavy atom. The lowest BCUT2D eigenvalue weighted by Gasteiger charge is -2.50. The average molecular weight is 583 g/mol. The van der Waals surface area contributed by atoms with E-state index in [1.54, 1.807) is 49.4 Å². The van der Waals surface area contributed by atoms with Gasteiger partial charge in [0.25, 0.3) is 11.8 Å². The number of aryl methyl sites for hydroxylation is 1. The maximum atomic E-state index is 15.0. The highest BCUT2D eigenvalue weighted by Crippen LogP contribution is 2.65. The molecule has 2 aliphatic carbocycles. The topological polar surface area (TPSA) is 115 Å². The largest absolute Gasteiger partial charge is 0.507 e. The first-order valence-corrected chi connectivity index (χ1v) is 14.3. The second kappa shape index (κ2) is 9.37. The molecule has 2 heterocycles. The number of hydrogen-bond donors (Lipinski definition) is 2. The minimum Gasteiger partial charge on any atom is -0.507 e. The Morgan fingerprint density at radius 3 is 2.36 bits per heavy atom. The van der Waals surface area contributed by atoms with Crippen molar-refractivity contribution in [1.82, 2.24) is 5.06 Å². The molecule has 1 saturated carbocycles. The number of nitrogens with zero attached hydrogens (tertiary/aromatic N) is 2. The molecule has 42 heavy (non-hydrogen) atoms. The molecule has 3 fully saturated rings. The van der Waals surface area contributed by atoms with E-state index >= 15 is 4.79 Å². The van der Waals surface area contributed by atoms with Crippen LogP contribution in [0.2, 0.25) is 5.02 Å². The predicted molar refractivity (Wildman–Crippen MR) is 153 cm³/mol. The molecule has 7 rings (SSSR count). The number of allylic oxidation sites excluding steroid dienone is 2. The molecule has 4 aliphatic rings. The number of phenolic OH excluding ortho intramolecular Hbond substituents is 1. The van der Waals surface area contributed by atoms with E-state index in [-0.39, 0.29) is 23.7 Å². The number of hydroxylamine groups is 2. The Labute approximate surface area is 246 Å². The lowest BCUT2D eigenvalue weighted by atomic mass is 9.49. The molecule has 2 aliphatic heterocycles. The second-order valence-electron chi connectivity index (χ2n) is 11.6. The number of benzene rings is 3. The average Bonchev–Trinajstić information content (AvgIpc) is 3.35. The van der Waals surface area contributed by atoms with Crippen LogP contribution in [0.1, 0.15) is 35.4 Å². The monoisotopic (exact) mass is 582 g/mol. The van der Waals surface area contributed by atoms with E-state index in [4.69, 9.17) is 11.6 Å². The van der Waals surface area contributed by atoms with Crippen LogP contribution in [0, 0.1) is 30.6 Å². The third-order valence-corrected chi connectivity index (χ3v) is 9.96. The summed E-state index contributed by atoms with van der Waals surface area (Å²) in [5.41, 5.74) is 1.25. The van der Waals surface area contributed by atoms with Crippen LogP contribution in [0.5, 0.6) is 5.75 Å². The number of rotatable bonds is 3. The number of phenols is 1. The predicted octanol–water partition coefficient (Wildman–Crippen LogP) is 4.91. The molecule has 9 heteroatoms. The first-order valence-electron chi connectivity index (χ1n) is 13.9. The summed E-state index contributed by atoms with van der Waals surface area (Å²) in [7, 11) is 0. The molecule has 212 valence electrons. The quantitative estimate of drug-likeness (QED) is 0.258. The minimum atomic E-state index is -1.47. The van der Waals surface area contributed by atoms with Crippen LogP contribution in [-0.4, -0.2) is 39.0 Å². The van der Waals surface area contributed by atoms with E-state index in [2.05, 4.69) is 0 Å². The highest BCUT2D eigenvalue weighted by atomic mass is 35.5. The van der Waals surface area contributed by atoms with Crippen molar-refractivity contribution in [1.29, 1.82) is 0 Å². The van der Waals surface area contributed by atoms with Crippen LogP contribution in [0.15, 0.2) is 84.4 Å². The van der Waals surface area contributed by atoms with Gasteiger partial charge < -0.3 is 5.11 Å². The van der Waals surface area contributed by atoms with Gasteiger partial charge in [-0.3, -0.25) is 24.4 Å². The van der Waals surface area contributed by atoms with Gasteiger partial charge >= 0.3 is 0 Å². The molecule has 0 radical (unpaired) electrons. The molecule has 0 spiro atoms. The zero-order valence-corrected chi connectivity index (χ0v) is 23.4. The van der Waals surface area contributed by atoms with E-state index in [0.717, 1.165) is 0 Å². The molecule has 2 N–H and O–H groups in total. The maximum absolute atomic E-state index is 15.0. The number of halogens is 1. The van der Waals surface area contributed by atoms with E-state index < -0.39 is 58.6 Å². The molecule has 4 amide bonds.